The fraction of sp³-hybridized carbons (Fsp3) is 0.250. The molecule has 0 atom stereocenters. The van der Waals surface area contributed by atoms with Gasteiger partial charge in [-0.3, -0.25) is 0 Å². The van der Waals surface area contributed by atoms with Crippen LogP contribution in [0.3, 0.4) is 0 Å². The summed E-state index contributed by atoms with van der Waals surface area (Å²) in [4.78, 5) is 0. The smallest absolute Gasteiger partial charge is 0.0920 e. The Morgan fingerprint density at radius 1 is 0.533 bits per heavy atom. The van der Waals surface area contributed by atoms with E-state index in [9.17, 15) is 0 Å². The second-order valence-electron chi connectivity index (χ2n) is 17.2. The SMILES string of the molecule is CC(C)Cc1ccc2[cH-]c(C(C)C)cc2c1-c1ccccc1.CC(C)Cc1ccc2[cH-]c(C(C)C)cc2c1-c1ccccc1.[Cl][Zr][Cl].[c-]1cccc2c1[Si]c1ccccc1-2. The van der Waals surface area contributed by atoms with Crippen molar-refractivity contribution in [1.82, 2.24) is 0 Å². The van der Waals surface area contributed by atoms with E-state index in [1.807, 2.05) is 6.07 Å². The molecule has 0 spiro atoms. The maximum atomic E-state index is 4.93. The molecule has 1 aliphatic rings. The third-order valence-corrected chi connectivity index (χ3v) is 12.4. The van der Waals surface area contributed by atoms with E-state index in [0.29, 0.717) is 23.7 Å². The molecule has 0 N–H and O–H groups in total. The summed E-state index contributed by atoms with van der Waals surface area (Å²) in [6.07, 6.45) is 2.25. The maximum absolute atomic E-state index is 4.93. The van der Waals surface area contributed by atoms with Gasteiger partial charge in [0.2, 0.25) is 0 Å². The molecule has 9 rings (SSSR count). The molecule has 0 aromatic heterocycles. The monoisotopic (exact) mass is 917 g/mol. The number of rotatable bonds is 8. The van der Waals surface area contributed by atoms with Gasteiger partial charge in [-0.15, -0.1) is 74.6 Å². The summed E-state index contributed by atoms with van der Waals surface area (Å²) >= 11 is -0.826. The molecular weight excluding hydrogens is 863 g/mol. The fourth-order valence-corrected chi connectivity index (χ4v) is 9.51. The van der Waals surface area contributed by atoms with Crippen LogP contribution in [-0.4, -0.2) is 9.52 Å². The Bertz CT molecular complexity index is 2400. The van der Waals surface area contributed by atoms with Crippen molar-refractivity contribution in [3.05, 3.63) is 180 Å². The summed E-state index contributed by atoms with van der Waals surface area (Å²) in [5, 5.41) is 8.38. The van der Waals surface area contributed by atoms with Crippen molar-refractivity contribution in [3.63, 3.8) is 0 Å². The van der Waals surface area contributed by atoms with Gasteiger partial charge in [0.15, 0.2) is 0 Å². The Morgan fingerprint density at radius 3 is 1.42 bits per heavy atom. The van der Waals surface area contributed by atoms with Crippen LogP contribution in [0.2, 0.25) is 0 Å². The van der Waals surface area contributed by atoms with Gasteiger partial charge in [0.25, 0.3) is 0 Å². The van der Waals surface area contributed by atoms with Crippen molar-refractivity contribution in [2.75, 3.05) is 0 Å². The summed E-state index contributed by atoms with van der Waals surface area (Å²) in [5.41, 5.74) is 14.1. The Hall–Kier alpha value is -3.78. The van der Waals surface area contributed by atoms with Crippen molar-refractivity contribution in [2.45, 2.75) is 80.1 Å². The first-order valence-corrected chi connectivity index (χ1v) is 28.7. The zero-order valence-electron chi connectivity index (χ0n) is 36.4. The second kappa shape index (κ2) is 21.8. The molecule has 8 aromatic carbocycles. The number of benzene rings is 6. The number of hydrogen-bond acceptors (Lipinski definition) is 0. The Morgan fingerprint density at radius 2 is 0.967 bits per heavy atom. The van der Waals surface area contributed by atoms with Gasteiger partial charge in [0, 0.05) is 0 Å². The topological polar surface area (TPSA) is 0 Å². The van der Waals surface area contributed by atoms with E-state index in [2.05, 4.69) is 207 Å². The van der Waals surface area contributed by atoms with Crippen molar-refractivity contribution in [3.8, 4) is 33.4 Å². The molecule has 0 bridgehead atoms. The molecule has 0 saturated carbocycles. The predicted octanol–water partition coefficient (Wildman–Crippen LogP) is 15.6. The summed E-state index contributed by atoms with van der Waals surface area (Å²) in [6, 6.07) is 58.6. The molecule has 306 valence electrons. The predicted molar refractivity (Wildman–Crippen MR) is 263 cm³/mol. The van der Waals surface area contributed by atoms with Gasteiger partial charge in [0.1, 0.15) is 0 Å². The van der Waals surface area contributed by atoms with Gasteiger partial charge in [-0.05, 0) is 47.6 Å². The third-order valence-electron chi connectivity index (χ3n) is 11.0. The molecule has 2 radical (unpaired) electrons. The van der Waals surface area contributed by atoms with E-state index in [-0.39, 0.29) is 0 Å². The summed E-state index contributed by atoms with van der Waals surface area (Å²) in [7, 11) is 10.7. The molecule has 0 saturated heterocycles. The van der Waals surface area contributed by atoms with Gasteiger partial charge in [-0.25, -0.2) is 0 Å². The first kappa shape index (κ1) is 45.7. The van der Waals surface area contributed by atoms with Gasteiger partial charge in [0.05, 0.1) is 9.52 Å². The van der Waals surface area contributed by atoms with Gasteiger partial charge < -0.3 is 0 Å². The molecule has 1 heterocycles. The number of fused-ring (bicyclic) bond motifs is 5. The average Bonchev–Trinajstić information content (AvgIpc) is 3.98. The molecule has 0 unspecified atom stereocenters. The average molecular weight is 920 g/mol. The van der Waals surface area contributed by atoms with E-state index in [1.165, 1.54) is 87.6 Å². The number of halogens is 2. The Balaban J connectivity index is 0.000000150. The van der Waals surface area contributed by atoms with Gasteiger partial charge >= 0.3 is 37.9 Å². The van der Waals surface area contributed by atoms with E-state index < -0.39 is 20.8 Å². The molecular formula is C56H57Cl2SiZr-3. The van der Waals surface area contributed by atoms with Crippen LogP contribution in [0.5, 0.6) is 0 Å². The van der Waals surface area contributed by atoms with Crippen LogP contribution < -0.4 is 10.4 Å². The summed E-state index contributed by atoms with van der Waals surface area (Å²) in [5.74, 6) is 2.48. The number of hydrogen-bond donors (Lipinski definition) is 0. The molecule has 1 aliphatic heterocycles. The van der Waals surface area contributed by atoms with E-state index >= 15 is 0 Å². The van der Waals surface area contributed by atoms with E-state index in [0.717, 1.165) is 22.4 Å². The van der Waals surface area contributed by atoms with Crippen LogP contribution in [0.25, 0.3) is 54.9 Å². The molecule has 4 heteroatoms. The first-order valence-electron chi connectivity index (χ1n) is 21.4. The zero-order chi connectivity index (χ0) is 42.8. The second-order valence-corrected chi connectivity index (χ2v) is 22.2. The zero-order valence-corrected chi connectivity index (χ0v) is 41.4. The first-order chi connectivity index (χ1) is 29.0. The quantitative estimate of drug-likeness (QED) is 0.105. The van der Waals surface area contributed by atoms with Crippen LogP contribution >= 0.6 is 17.0 Å². The van der Waals surface area contributed by atoms with E-state index in [4.69, 9.17) is 17.0 Å². The van der Waals surface area contributed by atoms with Crippen molar-refractivity contribution >= 4 is 58.5 Å². The molecule has 0 amide bonds. The minimum absolute atomic E-state index is 0.574. The van der Waals surface area contributed by atoms with Crippen LogP contribution in [0.15, 0.2) is 152 Å². The van der Waals surface area contributed by atoms with Gasteiger partial charge in [-0.1, -0.05) is 173 Å². The molecule has 60 heavy (non-hydrogen) atoms. The van der Waals surface area contributed by atoms with Crippen LogP contribution in [-0.2, 0) is 33.7 Å². The minimum Gasteiger partial charge on any atom is -0.184 e. The van der Waals surface area contributed by atoms with Crippen LogP contribution in [0.1, 0.15) is 89.5 Å². The minimum atomic E-state index is -0.826. The molecule has 0 aliphatic carbocycles. The van der Waals surface area contributed by atoms with E-state index in [1.54, 1.807) is 0 Å². The normalized spacial score (nSPS) is 11.5. The summed E-state index contributed by atoms with van der Waals surface area (Å²) < 4.78 is 0. The Labute approximate surface area is 381 Å². The molecule has 8 aromatic rings. The van der Waals surface area contributed by atoms with Gasteiger partial charge in [-0.2, -0.15) is 41.6 Å². The third kappa shape index (κ3) is 11.4. The molecule has 0 fully saturated rings. The van der Waals surface area contributed by atoms with Crippen molar-refractivity contribution < 1.29 is 20.8 Å². The summed E-state index contributed by atoms with van der Waals surface area (Å²) in [6.45, 7) is 18.3. The standard InChI is InChI=1S/2C22H25.C12H7Si.2ClH.Zr/c2*1-15(2)12-19-11-10-18-13-20(16(3)4)14-21(18)22(19)17-8-6-5-7-9-17;1-3-7-11-9(5-1)10-6-2-4-8-12(10)13-11;;;/h2*5-11,13-16H,12H2,1-4H3;1-7H;2*1H;/q3*-1;;;+2/p-2. The molecule has 0 nitrogen and oxygen atoms in total. The fourth-order valence-electron chi connectivity index (χ4n) is 8.20. The largest absolute Gasteiger partial charge is 0.184 e. The Kier molecular flexibility index (Phi) is 16.6. The van der Waals surface area contributed by atoms with Crippen molar-refractivity contribution in [2.24, 2.45) is 11.8 Å². The maximum Gasteiger partial charge on any atom is 0.0920 e. The van der Waals surface area contributed by atoms with Crippen molar-refractivity contribution in [1.29, 1.82) is 0 Å². The van der Waals surface area contributed by atoms with Crippen LogP contribution in [0.4, 0.5) is 0 Å². The van der Waals surface area contributed by atoms with Crippen LogP contribution in [0, 0.1) is 17.9 Å².